The Bertz CT molecular complexity index is 1210. The van der Waals surface area contributed by atoms with Crippen LogP contribution in [0.25, 0.3) is 5.57 Å². The first-order chi connectivity index (χ1) is 16.5. The van der Waals surface area contributed by atoms with Gasteiger partial charge in [0.15, 0.2) is 0 Å². The number of hydrogen-bond acceptors (Lipinski definition) is 8. The van der Waals surface area contributed by atoms with Crippen molar-refractivity contribution in [1.29, 1.82) is 0 Å². The van der Waals surface area contributed by atoms with Crippen LogP contribution in [-0.2, 0) is 15.8 Å². The molecule has 0 saturated carbocycles. The number of ether oxygens (including phenoxy) is 3. The number of amides is 2. The van der Waals surface area contributed by atoms with E-state index in [0.29, 0.717) is 46.1 Å². The number of aromatic nitrogens is 1. The number of fused-ring (bicyclic) bond motifs is 2. The predicted octanol–water partition coefficient (Wildman–Crippen LogP) is 3.93. The van der Waals surface area contributed by atoms with Gasteiger partial charge in [-0.15, -0.1) is 0 Å². The first kappa shape index (κ1) is 23.9. The molecule has 2 aromatic rings. The summed E-state index contributed by atoms with van der Waals surface area (Å²) in [5.41, 5.74) is 2.47. The second-order valence-corrected chi connectivity index (χ2v) is 8.32. The molecule has 0 aliphatic carbocycles. The van der Waals surface area contributed by atoms with Crippen LogP contribution in [-0.4, -0.2) is 55.3 Å². The molecule has 178 valence electrons. The fourth-order valence-corrected chi connectivity index (χ4v) is 4.48. The Balaban J connectivity index is 1.78. The molecule has 0 bridgehead atoms. The van der Waals surface area contributed by atoms with Crippen molar-refractivity contribution in [1.82, 2.24) is 9.88 Å². The van der Waals surface area contributed by atoms with E-state index in [-0.39, 0.29) is 25.1 Å². The van der Waals surface area contributed by atoms with Crippen molar-refractivity contribution >= 4 is 42.1 Å². The second kappa shape index (κ2) is 10.4. The Hall–Kier alpha value is -3.23. The molecule has 9 nitrogen and oxygen atoms in total. The zero-order valence-electron chi connectivity index (χ0n) is 18.6. The van der Waals surface area contributed by atoms with Crippen LogP contribution in [0.3, 0.4) is 0 Å². The maximum absolute atomic E-state index is 13.7. The number of methoxy groups -OCH3 is 2. The Morgan fingerprint density at radius 3 is 2.76 bits per heavy atom. The van der Waals surface area contributed by atoms with Gasteiger partial charge in [0.2, 0.25) is 5.88 Å². The molecule has 11 heteroatoms. The number of hydrogen-bond donors (Lipinski definition) is 0. The van der Waals surface area contributed by atoms with Gasteiger partial charge in [0, 0.05) is 6.07 Å². The molecule has 3 heterocycles. The SMILES string of the molecule is C=CCOC(=O)N1C[C@@H]2CC(c3ccc(OC)nc3)=CN2C(=O)c2cc(OC)c(O[SH-]#P)cc21. The number of anilines is 1. The van der Waals surface area contributed by atoms with Crippen LogP contribution < -0.4 is 18.6 Å². The summed E-state index contributed by atoms with van der Waals surface area (Å²) >= 11 is 0.341. The van der Waals surface area contributed by atoms with Crippen molar-refractivity contribution < 1.29 is 28.0 Å². The van der Waals surface area contributed by atoms with Gasteiger partial charge >= 0.3 is 174 Å². The molecule has 0 unspecified atom stereocenters. The van der Waals surface area contributed by atoms with E-state index in [1.165, 1.54) is 18.1 Å². The third-order valence-electron chi connectivity index (χ3n) is 5.58. The molecule has 4 rings (SSSR count). The fraction of sp³-hybridized carbons (Fsp3) is 0.261. The summed E-state index contributed by atoms with van der Waals surface area (Å²) in [6, 6.07) is 6.53. The number of benzene rings is 1. The Kier molecular flexibility index (Phi) is 7.29. The number of thiol groups is 1. The van der Waals surface area contributed by atoms with Crippen molar-refractivity contribution in [2.75, 3.05) is 32.3 Å². The second-order valence-electron chi connectivity index (χ2n) is 7.48. The third kappa shape index (κ3) is 4.56. The van der Waals surface area contributed by atoms with E-state index in [0.717, 1.165) is 11.1 Å². The average molecular weight is 500 g/mol. The van der Waals surface area contributed by atoms with Gasteiger partial charge in [0.1, 0.15) is 0 Å². The Morgan fingerprint density at radius 1 is 1.29 bits per heavy atom. The summed E-state index contributed by atoms with van der Waals surface area (Å²) in [5.74, 6) is 0.955. The van der Waals surface area contributed by atoms with Crippen molar-refractivity contribution in [3.8, 4) is 17.4 Å². The molecule has 0 N–H and O–H groups in total. The summed E-state index contributed by atoms with van der Waals surface area (Å²) in [6.07, 6.45) is 4.95. The van der Waals surface area contributed by atoms with Crippen LogP contribution in [0.1, 0.15) is 22.3 Å². The standard InChI is InChI=1S/C23H23N3O6PS/c1-4-7-31-23(28)26-13-16-8-15(14-5-6-21(30-3)24-11-14)12-25(16)22(27)17-9-19(29-2)20(32-34-33)10-18(17)26/h4-6,9-12,16,34H,1,7-8,13H2,2-3H3/q-1/t16-/m0/s1. The van der Waals surface area contributed by atoms with Gasteiger partial charge < -0.3 is 4.74 Å². The minimum atomic E-state index is -0.588. The van der Waals surface area contributed by atoms with E-state index < -0.39 is 6.09 Å². The van der Waals surface area contributed by atoms with Gasteiger partial charge in [-0.2, -0.15) is 0 Å². The number of carbonyl (C=O) groups excluding carboxylic acids is 2. The van der Waals surface area contributed by atoms with Crippen molar-refractivity contribution in [3.63, 3.8) is 0 Å². The summed E-state index contributed by atoms with van der Waals surface area (Å²) in [4.78, 5) is 34.0. The molecule has 0 spiro atoms. The van der Waals surface area contributed by atoms with Gasteiger partial charge in [0.05, 0.1) is 7.11 Å². The molecule has 0 fully saturated rings. The molecular weight excluding hydrogens is 477 g/mol. The number of pyridine rings is 1. The molecule has 1 aromatic carbocycles. The first-order valence-electron chi connectivity index (χ1n) is 10.3. The molecule has 0 saturated heterocycles. The van der Waals surface area contributed by atoms with Crippen molar-refractivity contribution in [2.45, 2.75) is 12.5 Å². The third-order valence-corrected chi connectivity index (χ3v) is 6.10. The average Bonchev–Trinajstić information content (AvgIpc) is 3.25. The molecule has 2 aliphatic rings. The van der Waals surface area contributed by atoms with Crippen LogP contribution >= 0.6 is 7.81 Å². The van der Waals surface area contributed by atoms with Gasteiger partial charge in [-0.3, -0.25) is 0 Å². The topological polar surface area (TPSA) is 90.4 Å². The Labute approximate surface area is 202 Å². The molecule has 2 amide bonds. The molecular formula is C23H23N3O6PS-. The van der Waals surface area contributed by atoms with E-state index >= 15 is 0 Å². The summed E-state index contributed by atoms with van der Waals surface area (Å²) in [5, 5.41) is 0. The van der Waals surface area contributed by atoms with Gasteiger partial charge in [0.25, 0.3) is 0 Å². The number of rotatable bonds is 6. The van der Waals surface area contributed by atoms with E-state index in [1.54, 1.807) is 36.4 Å². The van der Waals surface area contributed by atoms with Crippen LogP contribution in [0.5, 0.6) is 17.4 Å². The predicted molar refractivity (Wildman–Crippen MR) is 132 cm³/mol. The van der Waals surface area contributed by atoms with Crippen LogP contribution in [0.4, 0.5) is 10.5 Å². The molecule has 2 aliphatic heterocycles. The van der Waals surface area contributed by atoms with Crippen LogP contribution in [0, 0.1) is 0 Å². The number of carbonyl (C=O) groups is 2. The summed E-state index contributed by atoms with van der Waals surface area (Å²) in [6.45, 7) is 3.86. The van der Waals surface area contributed by atoms with E-state index in [1.807, 2.05) is 12.3 Å². The van der Waals surface area contributed by atoms with Crippen LogP contribution in [0.2, 0.25) is 0 Å². The fourth-order valence-electron chi connectivity index (χ4n) is 3.99. The normalized spacial score (nSPS) is 16.7. The van der Waals surface area contributed by atoms with E-state index in [2.05, 4.69) is 19.4 Å². The molecule has 0 radical (unpaired) electrons. The maximum atomic E-state index is 13.7. The Morgan fingerprint density at radius 2 is 2.12 bits per heavy atom. The summed E-state index contributed by atoms with van der Waals surface area (Å²) in [7, 11) is 7.12. The molecule has 1 atom stereocenters. The van der Waals surface area contributed by atoms with Crippen molar-refractivity contribution in [2.24, 2.45) is 0 Å². The van der Waals surface area contributed by atoms with Gasteiger partial charge in [-0.05, 0) is 0 Å². The zero-order valence-corrected chi connectivity index (χ0v) is 20.4. The quantitative estimate of drug-likeness (QED) is 0.257. The van der Waals surface area contributed by atoms with E-state index in [9.17, 15) is 9.59 Å². The zero-order chi connectivity index (χ0) is 24.2. The monoisotopic (exact) mass is 500 g/mol. The molecule has 34 heavy (non-hydrogen) atoms. The van der Waals surface area contributed by atoms with E-state index in [4.69, 9.17) is 18.4 Å². The van der Waals surface area contributed by atoms with Gasteiger partial charge in [-0.25, -0.2) is 4.98 Å². The number of nitrogens with zero attached hydrogens (tertiary/aromatic N) is 3. The molecule has 1 aromatic heterocycles. The van der Waals surface area contributed by atoms with Gasteiger partial charge in [-0.1, -0.05) is 0 Å². The van der Waals surface area contributed by atoms with Crippen molar-refractivity contribution in [3.05, 3.63) is 60.4 Å². The summed E-state index contributed by atoms with van der Waals surface area (Å²) < 4.78 is 21.4. The van der Waals surface area contributed by atoms with Crippen LogP contribution in [0.15, 0.2) is 49.3 Å². The minimum absolute atomic E-state index is 0.0444. The first-order valence-corrected chi connectivity index (χ1v) is 12.3.